The molecule has 4 aliphatic heterocycles. The van der Waals surface area contributed by atoms with E-state index in [9.17, 15) is 34.2 Å². The van der Waals surface area contributed by atoms with E-state index in [0.29, 0.717) is 56.9 Å². The number of esters is 1. The number of rotatable bonds is 9. The maximum absolute atomic E-state index is 14.7. The number of ketones is 3. The van der Waals surface area contributed by atoms with E-state index in [4.69, 9.17) is 23.7 Å². The Labute approximate surface area is 457 Å². The summed E-state index contributed by atoms with van der Waals surface area (Å²) < 4.78 is 32.2. The van der Waals surface area contributed by atoms with Gasteiger partial charge in [0.15, 0.2) is 11.6 Å². The summed E-state index contributed by atoms with van der Waals surface area (Å²) in [6.45, 7) is 17.6. The molecule has 15 atom stereocenters. The predicted octanol–water partition coefficient (Wildman–Crippen LogP) is 6.40. The van der Waals surface area contributed by atoms with Gasteiger partial charge in [-0.15, -0.1) is 5.10 Å². The van der Waals surface area contributed by atoms with Gasteiger partial charge in [-0.05, 0) is 114 Å². The number of ether oxygens (including phenoxy) is 5. The van der Waals surface area contributed by atoms with Crippen LogP contribution in [0.4, 0.5) is 0 Å². The molecule has 5 aliphatic rings. The van der Waals surface area contributed by atoms with Gasteiger partial charge in [-0.2, -0.15) is 0 Å². The van der Waals surface area contributed by atoms with E-state index in [1.165, 1.54) is 12.0 Å². The van der Waals surface area contributed by atoms with Gasteiger partial charge in [-0.25, -0.2) is 9.48 Å². The molecule has 3 saturated heterocycles. The van der Waals surface area contributed by atoms with Crippen LogP contribution in [0.1, 0.15) is 137 Å². The summed E-state index contributed by atoms with van der Waals surface area (Å²) >= 11 is 0. The average Bonchev–Trinajstić information content (AvgIpc) is 3.88. The summed E-state index contributed by atoms with van der Waals surface area (Å²) in [7, 11) is 6.83. The number of hydrogen-bond acceptors (Lipinski definition) is 16. The molecule has 1 unspecified atom stereocenters. The van der Waals surface area contributed by atoms with Gasteiger partial charge >= 0.3 is 5.97 Å². The minimum absolute atomic E-state index is 0.0181. The molecule has 1 amide bonds. The largest absolute Gasteiger partial charge is 0.460 e. The molecule has 1 aliphatic carbocycles. The summed E-state index contributed by atoms with van der Waals surface area (Å²) in [5.74, 6) is -7.87. The SMILES string of the molecule is CO[C@H]1C[C@@H]2CC[C@@H](C)[C@@](O)(O2)C(=O)C(=O)N2CCCC[C@H]2C(=O)O[C@H]([C@H](C)C[C@@H]2CC[C@H](n3cc(CN4CCN(C)CC4)nn3)[C@H](OC)C2)CC(=O)/C(C)=C/C(C)[C@@H](O)[C@@H](OC)C(=O)[C@H](C)C[C@H](C)C=CC=CC=C1C. The fourth-order valence-corrected chi connectivity index (χ4v) is 12.2. The first-order valence-corrected chi connectivity index (χ1v) is 28.5. The van der Waals surface area contributed by atoms with Gasteiger partial charge in [0.2, 0.25) is 5.79 Å². The highest BCUT2D eigenvalue weighted by Gasteiger charge is 2.53. The Hall–Kier alpha value is -4.27. The Kier molecular flexibility index (Phi) is 23.1. The van der Waals surface area contributed by atoms with Gasteiger partial charge in [0.25, 0.3) is 11.7 Å². The van der Waals surface area contributed by atoms with E-state index < -0.39 is 77.8 Å². The highest BCUT2D eigenvalue weighted by Crippen LogP contribution is 2.40. The zero-order valence-corrected chi connectivity index (χ0v) is 48.0. The molecule has 4 fully saturated rings. The number of Topliss-reactive ketones (excluding diaryl/α,β-unsaturated/α-hetero) is 3. The third-order valence-electron chi connectivity index (χ3n) is 17.4. The molecule has 5 heterocycles. The van der Waals surface area contributed by atoms with Gasteiger partial charge in [-0.1, -0.05) is 76.3 Å². The quantitative estimate of drug-likeness (QED) is 0.202. The maximum Gasteiger partial charge on any atom is 0.329 e. The van der Waals surface area contributed by atoms with E-state index in [1.54, 1.807) is 41.1 Å². The molecule has 6 rings (SSSR count). The van der Waals surface area contributed by atoms with Crippen molar-refractivity contribution in [3.05, 3.63) is 59.5 Å². The van der Waals surface area contributed by atoms with E-state index in [-0.39, 0.29) is 60.9 Å². The minimum atomic E-state index is -2.44. The average molecular weight is 1080 g/mol. The number of piperazine rings is 1. The number of carbonyl (C=O) groups excluding carboxylic acids is 5. The Morgan fingerprint density at radius 3 is 2.30 bits per heavy atom. The van der Waals surface area contributed by atoms with Crippen molar-refractivity contribution in [2.75, 3.05) is 61.1 Å². The van der Waals surface area contributed by atoms with Crippen LogP contribution in [0.5, 0.6) is 0 Å². The number of allylic oxidation sites excluding steroid dienone is 6. The van der Waals surface area contributed by atoms with Gasteiger partial charge < -0.3 is 43.7 Å². The molecule has 77 heavy (non-hydrogen) atoms. The molecule has 0 aromatic carbocycles. The lowest BCUT2D eigenvalue weighted by atomic mass is 9.77. The van der Waals surface area contributed by atoms with E-state index in [0.717, 1.165) is 56.8 Å². The van der Waals surface area contributed by atoms with Crippen LogP contribution in [-0.2, 0) is 54.2 Å². The molecular formula is C59H92N6O12. The molecule has 0 radical (unpaired) electrons. The standard InChI is InChI=1S/C59H92N6O12/c1-37-17-13-12-14-18-38(2)50(73-9)33-46-22-20-43(7)59(72,77-46)56(69)57(70)64-24-16-15-19-48(64)58(71)76-51(34-49(66)39(3)30-42(6)54(68)55(75-11)53(67)41(5)29-37)40(4)31-44-21-23-47(52(32-44)74-10)65-36-45(60-61-65)35-63-27-25-62(8)26-28-63/h12-14,17-18,30,36-37,40-44,46-48,50-52,54-55,68,72H,15-16,19-29,31-35H2,1-11H3/b14-12?,17-13?,38-18?,39-30+/t37-,40-,41-,42?,43-,44+,46+,47+,48+,50+,51+,52-,54-,55+,59-/m1/s1. The molecule has 18 heteroatoms. The fraction of sp³-hybridized carbons (Fsp3) is 0.746. The number of carbonyl (C=O) groups is 5. The van der Waals surface area contributed by atoms with Crippen LogP contribution in [0, 0.1) is 35.5 Å². The number of cyclic esters (lactones) is 1. The van der Waals surface area contributed by atoms with E-state index in [2.05, 4.69) is 27.2 Å². The molecule has 1 aromatic heterocycles. The second-order valence-electron chi connectivity index (χ2n) is 23.4. The van der Waals surface area contributed by atoms with Crippen LogP contribution in [0.15, 0.2) is 53.8 Å². The lowest BCUT2D eigenvalue weighted by molar-refractivity contribution is -0.265. The number of fused-ring (bicyclic) bond motifs is 3. The molecule has 18 nitrogen and oxygen atoms in total. The van der Waals surface area contributed by atoms with Crippen molar-refractivity contribution < 1.29 is 57.9 Å². The number of nitrogens with zero attached hydrogens (tertiary/aromatic N) is 6. The van der Waals surface area contributed by atoms with Gasteiger partial charge in [0.05, 0.1) is 42.3 Å². The summed E-state index contributed by atoms with van der Waals surface area (Å²) in [6, 6.07) is -1.17. The molecular weight excluding hydrogens is 985 g/mol. The number of piperidine rings is 1. The zero-order chi connectivity index (χ0) is 56.1. The summed E-state index contributed by atoms with van der Waals surface area (Å²) in [4.78, 5) is 77.7. The minimum Gasteiger partial charge on any atom is -0.460 e. The number of aliphatic hydroxyl groups excluding tert-OH is 1. The highest BCUT2D eigenvalue weighted by atomic mass is 16.6. The Balaban J connectivity index is 1.26. The summed E-state index contributed by atoms with van der Waals surface area (Å²) in [5, 5.41) is 32.8. The lowest BCUT2D eigenvalue weighted by Crippen LogP contribution is -2.61. The lowest BCUT2D eigenvalue weighted by Gasteiger charge is -2.42. The van der Waals surface area contributed by atoms with Crippen molar-refractivity contribution in [1.29, 1.82) is 0 Å². The number of aliphatic hydroxyl groups is 2. The molecule has 2 bridgehead atoms. The van der Waals surface area contributed by atoms with Crippen LogP contribution < -0.4 is 0 Å². The molecule has 1 saturated carbocycles. The maximum atomic E-state index is 14.7. The Morgan fingerprint density at radius 1 is 0.857 bits per heavy atom. The van der Waals surface area contributed by atoms with Crippen molar-refractivity contribution in [3.63, 3.8) is 0 Å². The Bertz CT molecular complexity index is 2270. The topological polar surface area (TPSA) is 212 Å². The van der Waals surface area contributed by atoms with Crippen molar-refractivity contribution in [1.82, 2.24) is 29.7 Å². The number of amides is 1. The van der Waals surface area contributed by atoms with Gasteiger partial charge in [0.1, 0.15) is 18.2 Å². The fourth-order valence-electron chi connectivity index (χ4n) is 12.2. The number of likely N-dealkylation sites (N-methyl/N-ethyl adjacent to an activating group) is 1. The third kappa shape index (κ3) is 16.2. The first kappa shape index (κ1) is 61.9. The Morgan fingerprint density at radius 2 is 1.60 bits per heavy atom. The molecule has 430 valence electrons. The monoisotopic (exact) mass is 1080 g/mol. The van der Waals surface area contributed by atoms with Gasteiger partial charge in [-0.3, -0.25) is 24.1 Å². The zero-order valence-electron chi connectivity index (χ0n) is 48.0. The van der Waals surface area contributed by atoms with Crippen LogP contribution >= 0.6 is 0 Å². The number of aromatic nitrogens is 3. The molecule has 1 aromatic rings. The first-order valence-electron chi connectivity index (χ1n) is 28.5. The second kappa shape index (κ2) is 28.7. The normalized spacial score (nSPS) is 36.2. The van der Waals surface area contributed by atoms with Crippen molar-refractivity contribution >= 4 is 29.2 Å². The molecule has 0 spiro atoms. The van der Waals surface area contributed by atoms with Crippen LogP contribution in [0.3, 0.4) is 0 Å². The van der Waals surface area contributed by atoms with Crippen molar-refractivity contribution in [2.45, 2.75) is 187 Å². The van der Waals surface area contributed by atoms with Crippen molar-refractivity contribution in [3.8, 4) is 0 Å². The summed E-state index contributed by atoms with van der Waals surface area (Å²) in [6.07, 6.45) is 14.6. The smallest absolute Gasteiger partial charge is 0.329 e. The third-order valence-corrected chi connectivity index (χ3v) is 17.4. The highest BCUT2D eigenvalue weighted by molar-refractivity contribution is 6.39. The second-order valence-corrected chi connectivity index (χ2v) is 23.4. The van der Waals surface area contributed by atoms with Crippen LogP contribution in [-0.4, -0.2) is 179 Å². The van der Waals surface area contributed by atoms with Gasteiger partial charge in [0, 0.05) is 91.2 Å². The number of methoxy groups -OCH3 is 3. The summed E-state index contributed by atoms with van der Waals surface area (Å²) in [5.41, 5.74) is 2.13. The van der Waals surface area contributed by atoms with E-state index in [1.807, 2.05) is 69.0 Å². The number of hydrogen-bond donors (Lipinski definition) is 2. The first-order chi connectivity index (χ1) is 36.7. The predicted molar refractivity (Wildman–Crippen MR) is 291 cm³/mol. The molecule has 2 N–H and O–H groups in total. The van der Waals surface area contributed by atoms with Crippen LogP contribution in [0.25, 0.3) is 0 Å². The van der Waals surface area contributed by atoms with E-state index >= 15 is 0 Å². The van der Waals surface area contributed by atoms with Crippen LogP contribution in [0.2, 0.25) is 0 Å². The van der Waals surface area contributed by atoms with Crippen molar-refractivity contribution in [2.24, 2.45) is 35.5 Å².